The van der Waals surface area contributed by atoms with Gasteiger partial charge >= 0.3 is 0 Å². The second-order valence-electron chi connectivity index (χ2n) is 4.03. The topological polar surface area (TPSA) is 43.8 Å². The van der Waals surface area contributed by atoms with Crippen molar-refractivity contribution in [1.82, 2.24) is 9.55 Å². The molecule has 2 N–H and O–H groups in total. The van der Waals surface area contributed by atoms with Gasteiger partial charge < -0.3 is 5.73 Å². The van der Waals surface area contributed by atoms with Crippen molar-refractivity contribution in [3.63, 3.8) is 0 Å². The van der Waals surface area contributed by atoms with E-state index in [1.807, 2.05) is 24.7 Å². The highest BCUT2D eigenvalue weighted by Gasteiger charge is 2.07. The van der Waals surface area contributed by atoms with Crippen molar-refractivity contribution in [2.24, 2.45) is 5.73 Å². The van der Waals surface area contributed by atoms with Crippen LogP contribution in [-0.4, -0.2) is 9.55 Å². The summed E-state index contributed by atoms with van der Waals surface area (Å²) < 4.78 is 2.08. The van der Waals surface area contributed by atoms with Crippen LogP contribution in [-0.2, 0) is 6.54 Å². The molecule has 4 heteroatoms. The van der Waals surface area contributed by atoms with Crippen molar-refractivity contribution in [2.75, 3.05) is 0 Å². The highest BCUT2D eigenvalue weighted by Crippen LogP contribution is 2.24. The van der Waals surface area contributed by atoms with Crippen LogP contribution in [0.15, 0.2) is 53.6 Å². The molecule has 0 spiro atoms. The predicted molar refractivity (Wildman–Crippen MR) is 74.8 cm³/mol. The van der Waals surface area contributed by atoms with Crippen molar-refractivity contribution in [3.05, 3.63) is 59.2 Å². The zero-order valence-corrected chi connectivity index (χ0v) is 10.6. The van der Waals surface area contributed by atoms with Crippen molar-refractivity contribution in [1.29, 1.82) is 0 Å². The van der Waals surface area contributed by atoms with Crippen molar-refractivity contribution < 1.29 is 0 Å². The van der Waals surface area contributed by atoms with E-state index >= 15 is 0 Å². The van der Waals surface area contributed by atoms with E-state index in [0.29, 0.717) is 6.54 Å². The predicted octanol–water partition coefficient (Wildman–Crippen LogP) is 3.06. The van der Waals surface area contributed by atoms with E-state index in [4.69, 9.17) is 5.73 Å². The molecule has 0 saturated carbocycles. The molecular formula is C14H13N3S. The molecule has 0 bridgehead atoms. The van der Waals surface area contributed by atoms with E-state index < -0.39 is 0 Å². The highest BCUT2D eigenvalue weighted by molar-refractivity contribution is 7.08. The first kappa shape index (κ1) is 11.2. The molecule has 0 amide bonds. The molecule has 2 heterocycles. The first-order valence-corrected chi connectivity index (χ1v) is 6.67. The van der Waals surface area contributed by atoms with E-state index in [1.165, 1.54) is 5.56 Å². The molecule has 3 aromatic rings. The van der Waals surface area contributed by atoms with Gasteiger partial charge in [-0.25, -0.2) is 4.98 Å². The molecule has 0 unspecified atom stereocenters. The first-order valence-electron chi connectivity index (χ1n) is 5.73. The van der Waals surface area contributed by atoms with Crippen LogP contribution < -0.4 is 5.73 Å². The lowest BCUT2D eigenvalue weighted by atomic mass is 10.2. The van der Waals surface area contributed by atoms with Crippen LogP contribution in [0.1, 0.15) is 5.56 Å². The molecule has 0 atom stereocenters. The summed E-state index contributed by atoms with van der Waals surface area (Å²) in [7, 11) is 0. The van der Waals surface area contributed by atoms with Crippen molar-refractivity contribution in [2.45, 2.75) is 6.54 Å². The number of hydrogen-bond acceptors (Lipinski definition) is 3. The van der Waals surface area contributed by atoms with Gasteiger partial charge in [-0.15, -0.1) is 0 Å². The summed E-state index contributed by atoms with van der Waals surface area (Å²) in [6.07, 6.45) is 3.72. The smallest absolute Gasteiger partial charge is 0.0997 e. The number of rotatable bonds is 3. The maximum atomic E-state index is 5.68. The van der Waals surface area contributed by atoms with Crippen molar-refractivity contribution in [3.8, 4) is 16.9 Å². The largest absolute Gasteiger partial charge is 0.326 e. The number of aromatic nitrogens is 2. The van der Waals surface area contributed by atoms with Gasteiger partial charge in [-0.05, 0) is 29.1 Å². The van der Waals surface area contributed by atoms with Gasteiger partial charge in [-0.2, -0.15) is 11.3 Å². The van der Waals surface area contributed by atoms with Crippen LogP contribution >= 0.6 is 11.3 Å². The Bertz CT molecular complexity index is 641. The van der Waals surface area contributed by atoms with Gasteiger partial charge in [-0.1, -0.05) is 12.1 Å². The van der Waals surface area contributed by atoms with Crippen LogP contribution in [0.25, 0.3) is 16.9 Å². The van der Waals surface area contributed by atoms with Crippen LogP contribution in [0, 0.1) is 0 Å². The number of benzene rings is 1. The van der Waals surface area contributed by atoms with Crippen LogP contribution in [0.3, 0.4) is 0 Å². The molecule has 0 aliphatic heterocycles. The minimum atomic E-state index is 0.552. The maximum Gasteiger partial charge on any atom is 0.0997 e. The van der Waals surface area contributed by atoms with Gasteiger partial charge in [0.25, 0.3) is 0 Å². The first-order chi connectivity index (χ1) is 8.88. The summed E-state index contributed by atoms with van der Waals surface area (Å²) >= 11 is 1.69. The molecule has 0 aliphatic rings. The number of nitrogens with zero attached hydrogens (tertiary/aromatic N) is 2. The molecule has 1 aromatic carbocycles. The third kappa shape index (κ3) is 1.96. The monoisotopic (exact) mass is 255 g/mol. The number of thiophene rings is 1. The molecule has 0 radical (unpaired) electrons. The average Bonchev–Trinajstić information content (AvgIpc) is 3.09. The summed E-state index contributed by atoms with van der Waals surface area (Å²) in [5.41, 5.74) is 10.2. The molecular weight excluding hydrogens is 242 g/mol. The number of imidazole rings is 1. The third-order valence-corrected chi connectivity index (χ3v) is 3.56. The summed E-state index contributed by atoms with van der Waals surface area (Å²) in [6, 6.07) is 10.3. The molecule has 0 aliphatic carbocycles. The Labute approximate surface area is 110 Å². The van der Waals surface area contributed by atoms with Crippen LogP contribution in [0.2, 0.25) is 0 Å². The summed E-state index contributed by atoms with van der Waals surface area (Å²) in [5, 5.41) is 4.20. The molecule has 0 saturated heterocycles. The van der Waals surface area contributed by atoms with Crippen LogP contribution in [0.5, 0.6) is 0 Å². The number of hydrogen-bond donors (Lipinski definition) is 1. The second-order valence-corrected chi connectivity index (χ2v) is 4.81. The fraction of sp³-hybridized carbons (Fsp3) is 0.0714. The minimum Gasteiger partial charge on any atom is -0.326 e. The molecule has 18 heavy (non-hydrogen) atoms. The van der Waals surface area contributed by atoms with Gasteiger partial charge in [0.2, 0.25) is 0 Å². The third-order valence-electron chi connectivity index (χ3n) is 2.88. The zero-order valence-electron chi connectivity index (χ0n) is 9.78. The Morgan fingerprint density at radius 3 is 3.00 bits per heavy atom. The van der Waals surface area contributed by atoms with E-state index in [0.717, 1.165) is 16.9 Å². The van der Waals surface area contributed by atoms with E-state index in [2.05, 4.69) is 38.5 Å². The van der Waals surface area contributed by atoms with Crippen LogP contribution in [0.4, 0.5) is 0 Å². The van der Waals surface area contributed by atoms with Gasteiger partial charge in [-0.3, -0.25) is 4.57 Å². The molecule has 3 nitrogen and oxygen atoms in total. The van der Waals surface area contributed by atoms with E-state index in [1.54, 1.807) is 11.3 Å². The Hall–Kier alpha value is -1.91. The van der Waals surface area contributed by atoms with Gasteiger partial charge in [0.05, 0.1) is 18.2 Å². The number of nitrogens with two attached hydrogens (primary N) is 1. The lowest BCUT2D eigenvalue weighted by molar-refractivity contribution is 1.03. The molecule has 2 aromatic heterocycles. The quantitative estimate of drug-likeness (QED) is 0.781. The summed E-state index contributed by atoms with van der Waals surface area (Å²) in [6.45, 7) is 0.552. The summed E-state index contributed by atoms with van der Waals surface area (Å²) in [5.74, 6) is 0. The standard InChI is InChI=1S/C14H13N3S/c15-7-11-2-1-3-13(6-11)17-10-16-8-14(17)12-4-5-18-9-12/h1-6,8-10H,7,15H2. The maximum absolute atomic E-state index is 5.68. The van der Waals surface area contributed by atoms with Gasteiger partial charge in [0.1, 0.15) is 0 Å². The fourth-order valence-electron chi connectivity index (χ4n) is 1.96. The van der Waals surface area contributed by atoms with Gasteiger partial charge in [0, 0.05) is 23.2 Å². The molecule has 3 rings (SSSR count). The normalized spacial score (nSPS) is 10.7. The lowest BCUT2D eigenvalue weighted by Gasteiger charge is -2.08. The van der Waals surface area contributed by atoms with Gasteiger partial charge in [0.15, 0.2) is 0 Å². The lowest BCUT2D eigenvalue weighted by Crippen LogP contribution is -1.99. The van der Waals surface area contributed by atoms with E-state index in [9.17, 15) is 0 Å². The Morgan fingerprint density at radius 1 is 1.28 bits per heavy atom. The highest BCUT2D eigenvalue weighted by atomic mass is 32.1. The SMILES string of the molecule is NCc1cccc(-n2cncc2-c2ccsc2)c1. The Kier molecular flexibility index (Phi) is 2.96. The molecule has 0 fully saturated rings. The second kappa shape index (κ2) is 4.76. The van der Waals surface area contributed by atoms with Crippen molar-refractivity contribution >= 4 is 11.3 Å². The fourth-order valence-corrected chi connectivity index (χ4v) is 2.61. The zero-order chi connectivity index (χ0) is 12.4. The summed E-state index contributed by atoms with van der Waals surface area (Å²) in [4.78, 5) is 4.25. The molecule has 90 valence electrons. The minimum absolute atomic E-state index is 0.552. The van der Waals surface area contributed by atoms with E-state index in [-0.39, 0.29) is 0 Å². The average molecular weight is 255 g/mol. The Morgan fingerprint density at radius 2 is 2.22 bits per heavy atom. The Balaban J connectivity index is 2.10.